The van der Waals surface area contributed by atoms with Crippen LogP contribution in [0.1, 0.15) is 90.7 Å². The second-order valence-electron chi connectivity index (χ2n) is 20.6. The van der Waals surface area contributed by atoms with E-state index in [1.54, 1.807) is 13.8 Å². The van der Waals surface area contributed by atoms with Gasteiger partial charge in [-0.05, 0) is 93.7 Å². The number of alkyl halides is 4. The van der Waals surface area contributed by atoms with Gasteiger partial charge in [0, 0.05) is 61.5 Å². The molecule has 0 radical (unpaired) electrons. The third-order valence-electron chi connectivity index (χ3n) is 15.2. The number of nitrogens with zero attached hydrogens (tertiary/aromatic N) is 2. The summed E-state index contributed by atoms with van der Waals surface area (Å²) in [5, 5.41) is 29.7. The van der Waals surface area contributed by atoms with Gasteiger partial charge in [0.05, 0.1) is 26.4 Å². The number of esters is 5. The van der Waals surface area contributed by atoms with Gasteiger partial charge < -0.3 is 39.0 Å². The van der Waals surface area contributed by atoms with Crippen LogP contribution in [-0.2, 0) is 71.6 Å². The molecule has 3 aliphatic carbocycles. The van der Waals surface area contributed by atoms with Crippen LogP contribution in [0.25, 0.3) is 0 Å². The second-order valence-corrected chi connectivity index (χ2v) is 22.1. The van der Waals surface area contributed by atoms with Crippen molar-refractivity contribution in [1.29, 1.82) is 0 Å². The van der Waals surface area contributed by atoms with Gasteiger partial charge in [-0.2, -0.15) is 0 Å². The highest BCUT2D eigenvalue weighted by Gasteiger charge is 2.62. The maximum atomic E-state index is 14.6. The van der Waals surface area contributed by atoms with Crippen molar-refractivity contribution >= 4 is 105 Å². The van der Waals surface area contributed by atoms with Crippen LogP contribution in [0, 0.1) is 53.3 Å². The molecule has 0 heterocycles. The summed E-state index contributed by atoms with van der Waals surface area (Å²) < 4.78 is 27.1. The maximum Gasteiger partial charge on any atom is 0.324 e. The summed E-state index contributed by atoms with van der Waals surface area (Å²) in [7, 11) is 0. The fourth-order valence-electron chi connectivity index (χ4n) is 11.6. The lowest BCUT2D eigenvalue weighted by Gasteiger charge is -2.43. The first-order chi connectivity index (χ1) is 39.0. The van der Waals surface area contributed by atoms with Crippen LogP contribution in [0.4, 0.5) is 0 Å². The van der Waals surface area contributed by atoms with Crippen molar-refractivity contribution in [3.05, 3.63) is 59.7 Å². The number of carboxylic acids is 1. The second kappa shape index (κ2) is 33.2. The fraction of sp³-hybridized carbons (Fsp3) is 0.621. The normalized spacial score (nSPS) is 25.4. The van der Waals surface area contributed by atoms with E-state index in [1.807, 2.05) is 0 Å². The van der Waals surface area contributed by atoms with Crippen molar-refractivity contribution in [3.63, 3.8) is 0 Å². The Morgan fingerprint density at radius 2 is 0.854 bits per heavy atom. The zero-order valence-corrected chi connectivity index (χ0v) is 50.2. The van der Waals surface area contributed by atoms with E-state index in [4.69, 9.17) is 70.1 Å². The van der Waals surface area contributed by atoms with Crippen LogP contribution in [0.3, 0.4) is 0 Å². The van der Waals surface area contributed by atoms with E-state index in [0.29, 0.717) is 12.3 Å². The predicted octanol–water partition coefficient (Wildman–Crippen LogP) is 6.59. The van der Waals surface area contributed by atoms with Gasteiger partial charge in [0.1, 0.15) is 65.2 Å². The average molecular weight is 1230 g/mol. The highest BCUT2D eigenvalue weighted by molar-refractivity contribution is 6.22. The molecule has 3 saturated carbocycles. The highest BCUT2D eigenvalue weighted by Crippen LogP contribution is 2.47. The van der Waals surface area contributed by atoms with Gasteiger partial charge in [-0.15, -0.1) is 46.4 Å². The summed E-state index contributed by atoms with van der Waals surface area (Å²) in [4.78, 5) is 140. The first-order valence-corrected chi connectivity index (χ1v) is 29.7. The van der Waals surface area contributed by atoms with E-state index >= 15 is 0 Å². The summed E-state index contributed by atoms with van der Waals surface area (Å²) in [5.41, 5.74) is 0.511. The molecule has 20 nitrogen and oxygen atoms in total. The Morgan fingerprint density at radius 1 is 0.537 bits per heavy atom. The van der Waals surface area contributed by atoms with Crippen LogP contribution in [0.15, 0.2) is 48.5 Å². The number of phenolic OH excluding ortho intramolecular Hbond substituents is 2. The van der Waals surface area contributed by atoms with E-state index in [9.17, 15) is 63.3 Å². The predicted molar refractivity (Wildman–Crippen MR) is 302 cm³/mol. The quantitative estimate of drug-likeness (QED) is 0.0387. The van der Waals surface area contributed by atoms with Crippen LogP contribution in [-0.4, -0.2) is 178 Å². The zero-order valence-electron chi connectivity index (χ0n) is 47.2. The van der Waals surface area contributed by atoms with Crippen LogP contribution < -0.4 is 0 Å². The molecule has 3 aliphatic rings. The Hall–Kier alpha value is -5.38. The number of ketones is 4. The Bertz CT molecular complexity index is 2450. The van der Waals surface area contributed by atoms with E-state index in [2.05, 4.69) is 20.8 Å². The minimum Gasteiger partial charge on any atom is -0.508 e. The monoisotopic (exact) mass is 1230 g/mol. The molecular formula is C58H76Cl4N2O18. The summed E-state index contributed by atoms with van der Waals surface area (Å²) in [5.74, 6) is -22.4. The molecule has 9 unspecified atom stereocenters. The number of ether oxygens (including phenoxy) is 5. The van der Waals surface area contributed by atoms with Crippen molar-refractivity contribution in [2.24, 2.45) is 53.3 Å². The smallest absolute Gasteiger partial charge is 0.324 e. The molecule has 0 aliphatic heterocycles. The molecule has 3 N–H and O–H groups in total. The van der Waals surface area contributed by atoms with Crippen molar-refractivity contribution in [2.75, 3.05) is 76.1 Å². The number of halogens is 4. The standard InChI is InChI=1S/C34H47Cl2NO9.C24H29Cl2NO9/c1-6-44-32(41)26-25(21-9-11-22(38)12-10-21)27(33(42)45-7-2)31(40)28(30(26)39)29(37(16-14-35)17-15-36)34(43)46-24-18-20(5)8-13-23(24)19(3)4;1-3-35-23(33)16-15(13-5-7-14(28)8-6-13)17(24(34)36-4-2)21(30)18(20(16)29)19(22(31)32)27(11-9-25)12-10-26/h9-12,19-20,23-29,38H,6-8,13-18H2,1-5H3;5-8,15-19,28H,3-4,9-12H2,1-2H3,(H,31,32). The first-order valence-electron chi connectivity index (χ1n) is 27.6. The SMILES string of the molecule is CCOC(=O)C1C(=O)C(C(C(=O)O)N(CCCl)CCCl)C(=O)C(C(=O)OCC)C1c1ccc(O)cc1.CCOC(=O)C1C(=O)C(C(C(=O)OC2CC(C)CCC2C(C)C)N(CCCl)CCCl)C(=O)C(C(=O)OCC)C1c1ccc(O)cc1. The van der Waals surface area contributed by atoms with Gasteiger partial charge in [0.25, 0.3) is 0 Å². The van der Waals surface area contributed by atoms with Gasteiger partial charge in [-0.3, -0.25) is 57.7 Å². The Labute approximate surface area is 498 Å². The Kier molecular flexibility index (Phi) is 28.0. The first kappa shape index (κ1) is 69.1. The maximum absolute atomic E-state index is 14.6. The lowest BCUT2D eigenvalue weighted by atomic mass is 9.62. The molecule has 9 atom stereocenters. The van der Waals surface area contributed by atoms with Gasteiger partial charge in [-0.1, -0.05) is 51.5 Å². The largest absolute Gasteiger partial charge is 0.508 e. The van der Waals surface area contributed by atoms with E-state index < -0.39 is 124 Å². The lowest BCUT2D eigenvalue weighted by Crippen LogP contribution is -2.61. The number of carboxylic acid groups (broad SMARTS) is 1. The van der Waals surface area contributed by atoms with Gasteiger partial charge >= 0.3 is 35.8 Å². The molecule has 5 rings (SSSR count). The van der Waals surface area contributed by atoms with E-state index in [1.165, 1.54) is 72.2 Å². The molecule has 2 aromatic carbocycles. The number of benzene rings is 2. The number of Topliss-reactive ketones (excluding diaryl/α,β-unsaturated/α-hetero) is 4. The molecule has 0 saturated heterocycles. The number of rotatable bonds is 26. The molecule has 0 spiro atoms. The lowest BCUT2D eigenvalue weighted by molar-refractivity contribution is -0.175. The number of carbonyl (C=O) groups excluding carboxylic acids is 9. The van der Waals surface area contributed by atoms with Crippen molar-refractivity contribution in [1.82, 2.24) is 9.80 Å². The third-order valence-corrected chi connectivity index (χ3v) is 15.9. The molecule has 454 valence electrons. The van der Waals surface area contributed by atoms with Gasteiger partial charge in [-0.25, -0.2) is 0 Å². The van der Waals surface area contributed by atoms with Gasteiger partial charge in [0.2, 0.25) is 0 Å². The average Bonchev–Trinajstić information content (AvgIpc) is 2.73. The number of aromatic hydroxyl groups is 2. The van der Waals surface area contributed by atoms with Crippen molar-refractivity contribution < 1.29 is 86.9 Å². The van der Waals surface area contributed by atoms with E-state index in [-0.39, 0.29) is 111 Å². The molecule has 0 aromatic heterocycles. The van der Waals surface area contributed by atoms with Gasteiger partial charge in [0.15, 0.2) is 23.1 Å². The number of phenols is 2. The fourth-order valence-corrected chi connectivity index (χ4v) is 12.5. The number of carbonyl (C=O) groups is 10. The molecule has 0 bridgehead atoms. The molecule has 24 heteroatoms. The van der Waals surface area contributed by atoms with Crippen molar-refractivity contribution in [3.8, 4) is 11.5 Å². The number of hydrogen-bond acceptors (Lipinski definition) is 19. The molecule has 82 heavy (non-hydrogen) atoms. The van der Waals surface area contributed by atoms with Crippen LogP contribution in [0.5, 0.6) is 11.5 Å². The summed E-state index contributed by atoms with van der Waals surface area (Å²) in [6.45, 7) is 12.2. The minimum atomic E-state index is -1.88. The summed E-state index contributed by atoms with van der Waals surface area (Å²) >= 11 is 24.0. The van der Waals surface area contributed by atoms with Crippen LogP contribution in [0.2, 0.25) is 0 Å². The third kappa shape index (κ3) is 16.7. The Balaban J connectivity index is 0.000000363. The Morgan fingerprint density at radius 3 is 1.15 bits per heavy atom. The molecule has 0 amide bonds. The topological polar surface area (TPSA) is 284 Å². The summed E-state index contributed by atoms with van der Waals surface area (Å²) in [6.07, 6.45) is 2.03. The van der Waals surface area contributed by atoms with E-state index in [0.717, 1.165) is 12.8 Å². The zero-order chi connectivity index (χ0) is 61.1. The highest BCUT2D eigenvalue weighted by atomic mass is 35.5. The molecule has 2 aromatic rings. The number of hydrogen-bond donors (Lipinski definition) is 3. The molecule has 3 fully saturated rings. The minimum absolute atomic E-state index is 0.0160. The number of aliphatic carboxylic acids is 1. The molecular weight excluding hydrogens is 1150 g/mol. The summed E-state index contributed by atoms with van der Waals surface area (Å²) in [6, 6.07) is 7.63. The van der Waals surface area contributed by atoms with Crippen molar-refractivity contribution in [2.45, 2.75) is 97.8 Å². The van der Waals surface area contributed by atoms with Crippen LogP contribution >= 0.6 is 46.4 Å².